The van der Waals surface area contributed by atoms with Crippen LogP contribution < -0.4 is 9.80 Å². The van der Waals surface area contributed by atoms with Crippen LogP contribution in [-0.2, 0) is 13.0 Å². The number of imidazole rings is 1. The SMILES string of the molecule is c1cc2c(s1)CCN(c1ccc(-c3cn4ccc(N5CCCC5)cc4n3)cc1)C2. The Morgan fingerprint density at radius 2 is 1.72 bits per heavy atom. The molecule has 1 fully saturated rings. The molecule has 4 nitrogen and oxygen atoms in total. The van der Waals surface area contributed by atoms with Crippen molar-refractivity contribution in [2.45, 2.75) is 25.8 Å². The van der Waals surface area contributed by atoms with Crippen LogP contribution in [0.1, 0.15) is 23.3 Å². The molecule has 6 rings (SSSR count). The molecule has 0 amide bonds. The summed E-state index contributed by atoms with van der Waals surface area (Å²) in [5, 5.41) is 2.22. The molecule has 0 unspecified atom stereocenters. The molecule has 0 spiro atoms. The quantitative estimate of drug-likeness (QED) is 0.471. The summed E-state index contributed by atoms with van der Waals surface area (Å²) in [6, 6.07) is 15.6. The molecule has 0 radical (unpaired) electrons. The van der Waals surface area contributed by atoms with Crippen LogP contribution in [0.2, 0.25) is 0 Å². The first kappa shape index (κ1) is 17.1. The van der Waals surface area contributed by atoms with Gasteiger partial charge in [-0.25, -0.2) is 4.98 Å². The Hall–Kier alpha value is -2.79. The van der Waals surface area contributed by atoms with Gasteiger partial charge in [-0.05, 0) is 54.5 Å². The molecule has 0 atom stereocenters. The Morgan fingerprint density at radius 1 is 0.862 bits per heavy atom. The van der Waals surface area contributed by atoms with Crippen molar-refractivity contribution < 1.29 is 0 Å². The van der Waals surface area contributed by atoms with Crippen molar-refractivity contribution in [2.75, 3.05) is 29.4 Å². The highest BCUT2D eigenvalue weighted by Crippen LogP contribution is 2.30. The minimum Gasteiger partial charge on any atom is -0.371 e. The van der Waals surface area contributed by atoms with Gasteiger partial charge in [0.05, 0.1) is 5.69 Å². The second-order valence-electron chi connectivity index (χ2n) is 8.06. The Balaban J connectivity index is 1.25. The summed E-state index contributed by atoms with van der Waals surface area (Å²) in [4.78, 5) is 11.4. The Kier molecular flexibility index (Phi) is 4.08. The lowest BCUT2D eigenvalue weighted by Crippen LogP contribution is -2.29. The van der Waals surface area contributed by atoms with Crippen molar-refractivity contribution >= 4 is 28.4 Å². The van der Waals surface area contributed by atoms with Gasteiger partial charge >= 0.3 is 0 Å². The average Bonchev–Trinajstić information content (AvgIpc) is 3.53. The predicted octanol–water partition coefficient (Wildman–Crippen LogP) is 5.23. The highest BCUT2D eigenvalue weighted by Gasteiger charge is 2.18. The maximum absolute atomic E-state index is 4.90. The minimum atomic E-state index is 1.02. The first-order chi connectivity index (χ1) is 14.3. The van der Waals surface area contributed by atoms with Crippen LogP contribution >= 0.6 is 11.3 Å². The van der Waals surface area contributed by atoms with Crippen molar-refractivity contribution in [3.8, 4) is 11.3 Å². The third kappa shape index (κ3) is 3.10. The molecule has 3 aromatic heterocycles. The molecule has 146 valence electrons. The third-order valence-electron chi connectivity index (χ3n) is 6.25. The van der Waals surface area contributed by atoms with Crippen molar-refractivity contribution in [2.24, 2.45) is 0 Å². The zero-order chi connectivity index (χ0) is 19.2. The van der Waals surface area contributed by atoms with E-state index in [0.717, 1.165) is 43.9 Å². The minimum absolute atomic E-state index is 1.02. The topological polar surface area (TPSA) is 23.8 Å². The molecular weight excluding hydrogens is 376 g/mol. The molecule has 0 bridgehead atoms. The van der Waals surface area contributed by atoms with Gasteiger partial charge in [-0.15, -0.1) is 11.3 Å². The second-order valence-corrected chi connectivity index (χ2v) is 9.06. The molecule has 0 N–H and O–H groups in total. The monoisotopic (exact) mass is 400 g/mol. The van der Waals surface area contributed by atoms with Crippen molar-refractivity contribution in [1.82, 2.24) is 9.38 Å². The van der Waals surface area contributed by atoms with Crippen LogP contribution in [0, 0.1) is 0 Å². The Bertz CT molecular complexity index is 1150. The molecule has 0 aliphatic carbocycles. The van der Waals surface area contributed by atoms with Crippen LogP contribution in [0.4, 0.5) is 11.4 Å². The van der Waals surface area contributed by atoms with Crippen LogP contribution in [-0.4, -0.2) is 29.0 Å². The zero-order valence-electron chi connectivity index (χ0n) is 16.4. The number of thiophene rings is 1. The lowest BCUT2D eigenvalue weighted by molar-refractivity contribution is 0.744. The van der Waals surface area contributed by atoms with Crippen molar-refractivity contribution in [1.29, 1.82) is 0 Å². The van der Waals surface area contributed by atoms with Gasteiger partial charge in [0.2, 0.25) is 0 Å². The number of anilines is 2. The highest BCUT2D eigenvalue weighted by atomic mass is 32.1. The van der Waals surface area contributed by atoms with E-state index in [-0.39, 0.29) is 0 Å². The lowest BCUT2D eigenvalue weighted by atomic mass is 10.1. The van der Waals surface area contributed by atoms with E-state index in [0.29, 0.717) is 0 Å². The highest BCUT2D eigenvalue weighted by molar-refractivity contribution is 7.10. The molecule has 4 aromatic rings. The van der Waals surface area contributed by atoms with E-state index in [1.165, 1.54) is 35.3 Å². The number of nitrogens with zero attached hydrogens (tertiary/aromatic N) is 4. The van der Waals surface area contributed by atoms with Gasteiger partial charge in [-0.2, -0.15) is 0 Å². The molecule has 0 saturated carbocycles. The van der Waals surface area contributed by atoms with Crippen molar-refractivity contribution in [3.05, 3.63) is 70.7 Å². The summed E-state index contributed by atoms with van der Waals surface area (Å²) in [5.41, 5.74) is 7.31. The van der Waals surface area contributed by atoms with E-state index >= 15 is 0 Å². The van der Waals surface area contributed by atoms with Gasteiger partial charge in [0, 0.05) is 66.5 Å². The normalized spacial score (nSPS) is 16.6. The fraction of sp³-hybridized carbons (Fsp3) is 0.292. The maximum Gasteiger partial charge on any atom is 0.139 e. The van der Waals surface area contributed by atoms with Gasteiger partial charge in [-0.1, -0.05) is 12.1 Å². The number of hydrogen-bond donors (Lipinski definition) is 0. The van der Waals surface area contributed by atoms with Gasteiger partial charge in [0.15, 0.2) is 0 Å². The summed E-state index contributed by atoms with van der Waals surface area (Å²) >= 11 is 1.89. The molecule has 2 aliphatic rings. The summed E-state index contributed by atoms with van der Waals surface area (Å²) in [5.74, 6) is 0. The first-order valence-electron chi connectivity index (χ1n) is 10.5. The van der Waals surface area contributed by atoms with Crippen LogP contribution in [0.15, 0.2) is 60.2 Å². The van der Waals surface area contributed by atoms with E-state index in [2.05, 4.69) is 74.4 Å². The number of aromatic nitrogens is 2. The van der Waals surface area contributed by atoms with Crippen LogP contribution in [0.3, 0.4) is 0 Å². The molecule has 5 heterocycles. The van der Waals surface area contributed by atoms with Crippen LogP contribution in [0.25, 0.3) is 16.9 Å². The van der Waals surface area contributed by atoms with Gasteiger partial charge in [0.25, 0.3) is 0 Å². The van der Waals surface area contributed by atoms with Crippen molar-refractivity contribution in [3.63, 3.8) is 0 Å². The Morgan fingerprint density at radius 3 is 2.59 bits per heavy atom. The number of rotatable bonds is 3. The van der Waals surface area contributed by atoms with E-state index in [1.807, 2.05) is 11.3 Å². The first-order valence-corrected chi connectivity index (χ1v) is 11.4. The molecule has 1 saturated heterocycles. The lowest BCUT2D eigenvalue weighted by Gasteiger charge is -2.29. The number of hydrogen-bond acceptors (Lipinski definition) is 4. The molecule has 5 heteroatoms. The van der Waals surface area contributed by atoms with E-state index in [9.17, 15) is 0 Å². The summed E-state index contributed by atoms with van der Waals surface area (Å²) in [6.07, 6.45) is 8.01. The second kappa shape index (κ2) is 6.92. The fourth-order valence-electron chi connectivity index (χ4n) is 4.59. The maximum atomic E-state index is 4.90. The standard InChI is InChI=1S/C24H24N4S/c1-2-11-26(10-1)21-7-12-28-17-22(25-24(28)15-21)18-3-5-20(6-4-18)27-13-8-23-19(16-27)9-14-29-23/h3-7,9,12,14-15,17H,1-2,8,10-11,13,16H2. The van der Waals surface area contributed by atoms with Gasteiger partial charge < -0.3 is 14.2 Å². The zero-order valence-corrected chi connectivity index (χ0v) is 17.2. The van der Waals surface area contributed by atoms with Gasteiger partial charge in [0.1, 0.15) is 5.65 Å². The van der Waals surface area contributed by atoms with Gasteiger partial charge in [-0.3, -0.25) is 0 Å². The average molecular weight is 401 g/mol. The van der Waals surface area contributed by atoms with E-state index in [1.54, 1.807) is 4.88 Å². The molecule has 29 heavy (non-hydrogen) atoms. The summed E-state index contributed by atoms with van der Waals surface area (Å²) in [6.45, 7) is 4.44. The largest absolute Gasteiger partial charge is 0.371 e. The van der Waals surface area contributed by atoms with Crippen LogP contribution in [0.5, 0.6) is 0 Å². The molecular formula is C24H24N4S. The molecule has 1 aromatic carbocycles. The number of benzene rings is 1. The van der Waals surface area contributed by atoms with E-state index in [4.69, 9.17) is 4.98 Å². The Labute approximate surface area is 175 Å². The summed E-state index contributed by atoms with van der Waals surface area (Å²) in [7, 11) is 0. The number of pyridine rings is 1. The smallest absolute Gasteiger partial charge is 0.139 e. The third-order valence-corrected chi connectivity index (χ3v) is 7.27. The summed E-state index contributed by atoms with van der Waals surface area (Å²) < 4.78 is 2.13. The van der Waals surface area contributed by atoms with E-state index < -0.39 is 0 Å². The molecule has 2 aliphatic heterocycles. The number of fused-ring (bicyclic) bond motifs is 2. The fourth-order valence-corrected chi connectivity index (χ4v) is 5.48. The predicted molar refractivity (Wildman–Crippen MR) is 121 cm³/mol.